The van der Waals surface area contributed by atoms with Gasteiger partial charge in [-0.15, -0.1) is 0 Å². The summed E-state index contributed by atoms with van der Waals surface area (Å²) in [6.07, 6.45) is 1.73. The molecule has 4 nitrogen and oxygen atoms in total. The Morgan fingerprint density at radius 2 is 1.73 bits per heavy atom. The van der Waals surface area contributed by atoms with Crippen molar-refractivity contribution in [2.45, 2.75) is 6.61 Å². The molecule has 0 radical (unpaired) electrons. The van der Waals surface area contributed by atoms with E-state index in [1.807, 2.05) is 54.6 Å². The summed E-state index contributed by atoms with van der Waals surface area (Å²) in [5, 5.41) is 5.68. The molecule has 5 heteroatoms. The third kappa shape index (κ3) is 3.32. The molecule has 1 aliphatic heterocycles. The van der Waals surface area contributed by atoms with E-state index in [9.17, 15) is 4.79 Å². The number of carbonyl (C=O) groups excluding carboxylic acids is 1. The Balaban J connectivity index is 1.80. The quantitative estimate of drug-likeness (QED) is 0.673. The average molecular weight is 310 g/mol. The highest BCUT2D eigenvalue weighted by Crippen LogP contribution is 2.22. The van der Waals surface area contributed by atoms with E-state index in [0.717, 1.165) is 11.1 Å². The minimum atomic E-state index is -0.233. The smallest absolute Gasteiger partial charge is 0.273 e. The van der Waals surface area contributed by atoms with Crippen molar-refractivity contribution in [2.24, 2.45) is 0 Å². The normalized spacial score (nSPS) is 15.5. The van der Waals surface area contributed by atoms with Gasteiger partial charge in [-0.1, -0.05) is 48.5 Å². The van der Waals surface area contributed by atoms with E-state index in [4.69, 9.17) is 17.0 Å². The van der Waals surface area contributed by atoms with Gasteiger partial charge in [-0.3, -0.25) is 10.1 Å². The first-order valence-corrected chi connectivity index (χ1v) is 7.23. The highest BCUT2D eigenvalue weighted by molar-refractivity contribution is 7.80. The Morgan fingerprint density at radius 3 is 2.45 bits per heavy atom. The van der Waals surface area contributed by atoms with Gasteiger partial charge in [-0.2, -0.15) is 0 Å². The number of thiocarbonyl (C=S) groups is 1. The molecule has 1 amide bonds. The lowest BCUT2D eigenvalue weighted by Gasteiger charge is -2.09. The predicted molar refractivity (Wildman–Crippen MR) is 89.1 cm³/mol. The Morgan fingerprint density at radius 1 is 1.00 bits per heavy atom. The number of ether oxygens (including phenoxy) is 1. The average Bonchev–Trinajstić information content (AvgIpc) is 2.85. The van der Waals surface area contributed by atoms with Gasteiger partial charge >= 0.3 is 0 Å². The van der Waals surface area contributed by atoms with Crippen LogP contribution in [0.15, 0.2) is 60.3 Å². The molecule has 1 aliphatic rings. The first kappa shape index (κ1) is 14.3. The summed E-state index contributed by atoms with van der Waals surface area (Å²) in [5.74, 6) is 0.481. The fraction of sp³-hybridized carbons (Fsp3) is 0.0588. The fourth-order valence-corrected chi connectivity index (χ4v) is 2.31. The van der Waals surface area contributed by atoms with Crippen LogP contribution in [0.25, 0.3) is 6.08 Å². The molecule has 22 heavy (non-hydrogen) atoms. The van der Waals surface area contributed by atoms with E-state index in [0.29, 0.717) is 23.2 Å². The summed E-state index contributed by atoms with van der Waals surface area (Å²) in [5.41, 5.74) is 2.32. The Bertz CT molecular complexity index is 741. The number of hydrogen-bond donors (Lipinski definition) is 2. The molecule has 0 unspecified atom stereocenters. The molecule has 0 bridgehead atoms. The predicted octanol–water partition coefficient (Wildman–Crippen LogP) is 2.61. The summed E-state index contributed by atoms with van der Waals surface area (Å²) in [7, 11) is 0. The third-order valence-corrected chi connectivity index (χ3v) is 3.38. The zero-order valence-electron chi connectivity index (χ0n) is 11.7. The van der Waals surface area contributed by atoms with E-state index < -0.39 is 0 Å². The van der Waals surface area contributed by atoms with Crippen LogP contribution in [0.3, 0.4) is 0 Å². The first-order chi connectivity index (χ1) is 10.7. The van der Waals surface area contributed by atoms with Crippen LogP contribution in [-0.2, 0) is 11.4 Å². The van der Waals surface area contributed by atoms with Crippen LogP contribution in [-0.4, -0.2) is 11.0 Å². The number of carbonyl (C=O) groups is 1. The molecule has 0 aromatic heterocycles. The fourth-order valence-electron chi connectivity index (χ4n) is 2.10. The van der Waals surface area contributed by atoms with Gasteiger partial charge in [0.1, 0.15) is 18.1 Å². The number of rotatable bonds is 4. The van der Waals surface area contributed by atoms with Crippen molar-refractivity contribution in [3.8, 4) is 5.75 Å². The van der Waals surface area contributed by atoms with Crippen molar-refractivity contribution in [1.29, 1.82) is 0 Å². The molecule has 110 valence electrons. The lowest BCUT2D eigenvalue weighted by atomic mass is 10.1. The van der Waals surface area contributed by atoms with Crippen molar-refractivity contribution in [2.75, 3.05) is 0 Å². The maximum Gasteiger partial charge on any atom is 0.273 e. The van der Waals surface area contributed by atoms with Gasteiger partial charge in [0.2, 0.25) is 0 Å². The molecular formula is C17H14N2O2S. The van der Waals surface area contributed by atoms with Gasteiger partial charge in [-0.25, -0.2) is 0 Å². The third-order valence-electron chi connectivity index (χ3n) is 3.18. The molecule has 1 fully saturated rings. The lowest BCUT2D eigenvalue weighted by molar-refractivity contribution is -0.115. The first-order valence-electron chi connectivity index (χ1n) is 6.82. The number of para-hydroxylation sites is 1. The second-order valence-corrected chi connectivity index (χ2v) is 5.19. The molecule has 1 saturated heterocycles. The van der Waals surface area contributed by atoms with Crippen LogP contribution >= 0.6 is 12.2 Å². The van der Waals surface area contributed by atoms with Crippen molar-refractivity contribution in [3.63, 3.8) is 0 Å². The van der Waals surface area contributed by atoms with Gasteiger partial charge in [0, 0.05) is 5.56 Å². The summed E-state index contributed by atoms with van der Waals surface area (Å²) in [4.78, 5) is 11.7. The Kier molecular flexibility index (Phi) is 4.16. The van der Waals surface area contributed by atoms with Crippen molar-refractivity contribution < 1.29 is 9.53 Å². The van der Waals surface area contributed by atoms with E-state index in [1.54, 1.807) is 6.08 Å². The van der Waals surface area contributed by atoms with Gasteiger partial charge < -0.3 is 10.1 Å². The minimum Gasteiger partial charge on any atom is -0.488 e. The summed E-state index contributed by atoms with van der Waals surface area (Å²) in [6, 6.07) is 17.5. The molecule has 2 aromatic carbocycles. The highest BCUT2D eigenvalue weighted by Gasteiger charge is 2.20. The maximum atomic E-state index is 11.7. The van der Waals surface area contributed by atoms with Gasteiger partial charge in [-0.05, 0) is 29.9 Å². The van der Waals surface area contributed by atoms with Gasteiger partial charge in [0.15, 0.2) is 5.11 Å². The Hall–Kier alpha value is -2.66. The van der Waals surface area contributed by atoms with Crippen LogP contribution < -0.4 is 15.4 Å². The maximum absolute atomic E-state index is 11.7. The second-order valence-electron chi connectivity index (χ2n) is 4.78. The van der Waals surface area contributed by atoms with Crippen LogP contribution in [0.4, 0.5) is 0 Å². The van der Waals surface area contributed by atoms with Crippen LogP contribution in [0, 0.1) is 0 Å². The summed E-state index contributed by atoms with van der Waals surface area (Å²) in [6.45, 7) is 0.471. The standard InChI is InChI=1S/C17H14N2O2S/c20-16-14(18-17(22)19-16)10-13-8-4-5-9-15(13)21-11-12-6-2-1-3-7-12/h1-10H,11H2,(H2,18,19,20,22). The Labute approximate surface area is 133 Å². The number of hydrogen-bond acceptors (Lipinski definition) is 3. The molecule has 0 atom stereocenters. The highest BCUT2D eigenvalue weighted by atomic mass is 32.1. The zero-order valence-corrected chi connectivity index (χ0v) is 12.5. The van der Waals surface area contributed by atoms with E-state index in [1.165, 1.54) is 0 Å². The molecule has 2 aromatic rings. The van der Waals surface area contributed by atoms with Crippen LogP contribution in [0.2, 0.25) is 0 Å². The van der Waals surface area contributed by atoms with Crippen molar-refractivity contribution in [3.05, 3.63) is 71.4 Å². The molecule has 0 aliphatic carbocycles. The van der Waals surface area contributed by atoms with Crippen molar-refractivity contribution in [1.82, 2.24) is 10.6 Å². The molecule has 0 spiro atoms. The molecular weight excluding hydrogens is 296 g/mol. The lowest BCUT2D eigenvalue weighted by Crippen LogP contribution is -2.21. The molecule has 1 heterocycles. The van der Waals surface area contributed by atoms with Gasteiger partial charge in [0.05, 0.1) is 0 Å². The summed E-state index contributed by atoms with van der Waals surface area (Å²) >= 11 is 4.92. The van der Waals surface area contributed by atoms with E-state index in [2.05, 4.69) is 10.6 Å². The second kappa shape index (κ2) is 6.41. The largest absolute Gasteiger partial charge is 0.488 e. The molecule has 2 N–H and O–H groups in total. The minimum absolute atomic E-state index is 0.233. The summed E-state index contributed by atoms with van der Waals surface area (Å²) < 4.78 is 5.86. The van der Waals surface area contributed by atoms with E-state index in [-0.39, 0.29) is 5.91 Å². The number of amides is 1. The molecule has 3 rings (SSSR count). The number of nitrogens with one attached hydrogen (secondary N) is 2. The SMILES string of the molecule is O=C1NC(=S)NC1=Cc1ccccc1OCc1ccccc1. The van der Waals surface area contributed by atoms with Gasteiger partial charge in [0.25, 0.3) is 5.91 Å². The number of benzene rings is 2. The van der Waals surface area contributed by atoms with Crippen molar-refractivity contribution >= 4 is 29.3 Å². The topological polar surface area (TPSA) is 50.4 Å². The van der Waals surface area contributed by atoms with E-state index >= 15 is 0 Å². The zero-order chi connectivity index (χ0) is 15.4. The molecule has 0 saturated carbocycles. The van der Waals surface area contributed by atoms with Crippen LogP contribution in [0.5, 0.6) is 5.75 Å². The van der Waals surface area contributed by atoms with Crippen LogP contribution in [0.1, 0.15) is 11.1 Å². The monoisotopic (exact) mass is 310 g/mol.